The van der Waals surface area contributed by atoms with Crippen LogP contribution in [0.15, 0.2) is 42.5 Å². The van der Waals surface area contributed by atoms with Crippen LogP contribution in [0.1, 0.15) is 31.2 Å². The second-order valence-corrected chi connectivity index (χ2v) is 4.99. The summed E-state index contributed by atoms with van der Waals surface area (Å²) in [7, 11) is 1.62. The van der Waals surface area contributed by atoms with E-state index in [1.165, 1.54) is 6.08 Å². The first kappa shape index (κ1) is 18.5. The first-order valence-electron chi connectivity index (χ1n) is 7.60. The molecule has 1 aromatic rings. The molecule has 23 heavy (non-hydrogen) atoms. The van der Waals surface area contributed by atoms with Gasteiger partial charge in [0.25, 0.3) is 0 Å². The number of rotatable bonds is 10. The standard InChI is InChI=1S/C18H23NO4/c1-23-16-12-10-15(11-13-16)7-4-5-8-17(20)19-14-6-2-3-9-18(21)22/h4-5,7-8,10-13H,2-3,6,9,14H2,1H3,(H,19,20)(H,21,22)/b7-4+,8-5+. The Hall–Kier alpha value is -2.56. The summed E-state index contributed by atoms with van der Waals surface area (Å²) in [4.78, 5) is 21.9. The molecule has 0 saturated carbocycles. The topological polar surface area (TPSA) is 75.6 Å². The molecular formula is C18H23NO4. The number of carboxylic acid groups (broad SMARTS) is 1. The fourth-order valence-corrected chi connectivity index (χ4v) is 1.87. The molecule has 1 amide bonds. The van der Waals surface area contributed by atoms with E-state index >= 15 is 0 Å². The van der Waals surface area contributed by atoms with E-state index in [9.17, 15) is 9.59 Å². The van der Waals surface area contributed by atoms with Gasteiger partial charge in [0.2, 0.25) is 5.91 Å². The van der Waals surface area contributed by atoms with Crippen molar-refractivity contribution >= 4 is 18.0 Å². The van der Waals surface area contributed by atoms with E-state index in [-0.39, 0.29) is 12.3 Å². The molecule has 0 fully saturated rings. The largest absolute Gasteiger partial charge is 0.497 e. The maximum absolute atomic E-state index is 11.5. The average Bonchev–Trinajstić information content (AvgIpc) is 2.55. The molecule has 5 heteroatoms. The third-order valence-corrected chi connectivity index (χ3v) is 3.13. The summed E-state index contributed by atoms with van der Waals surface area (Å²) in [6.07, 6.45) is 9.27. The molecule has 0 saturated heterocycles. The van der Waals surface area contributed by atoms with Crippen molar-refractivity contribution in [3.05, 3.63) is 48.1 Å². The molecule has 0 unspecified atom stereocenters. The van der Waals surface area contributed by atoms with Gasteiger partial charge in [0.15, 0.2) is 0 Å². The van der Waals surface area contributed by atoms with Crippen molar-refractivity contribution in [2.75, 3.05) is 13.7 Å². The van der Waals surface area contributed by atoms with Crippen LogP contribution in [-0.4, -0.2) is 30.6 Å². The van der Waals surface area contributed by atoms with Crippen LogP contribution < -0.4 is 10.1 Å². The molecule has 1 rings (SSSR count). The number of hydrogen-bond acceptors (Lipinski definition) is 3. The van der Waals surface area contributed by atoms with Gasteiger partial charge in [0.05, 0.1) is 7.11 Å². The smallest absolute Gasteiger partial charge is 0.303 e. The maximum atomic E-state index is 11.5. The molecule has 0 spiro atoms. The van der Waals surface area contributed by atoms with E-state index in [4.69, 9.17) is 9.84 Å². The molecule has 1 aromatic carbocycles. The van der Waals surface area contributed by atoms with Crippen LogP contribution in [-0.2, 0) is 9.59 Å². The van der Waals surface area contributed by atoms with E-state index in [1.54, 1.807) is 19.3 Å². The van der Waals surface area contributed by atoms with Crippen LogP contribution in [0.4, 0.5) is 0 Å². The summed E-state index contributed by atoms with van der Waals surface area (Å²) in [5.74, 6) is -0.122. The van der Waals surface area contributed by atoms with Gasteiger partial charge in [-0.2, -0.15) is 0 Å². The lowest BCUT2D eigenvalue weighted by atomic mass is 10.2. The van der Waals surface area contributed by atoms with Crippen molar-refractivity contribution < 1.29 is 19.4 Å². The zero-order chi connectivity index (χ0) is 16.9. The van der Waals surface area contributed by atoms with Crippen molar-refractivity contribution in [1.82, 2.24) is 5.32 Å². The van der Waals surface area contributed by atoms with Crippen molar-refractivity contribution in [3.63, 3.8) is 0 Å². The number of methoxy groups -OCH3 is 1. The number of allylic oxidation sites excluding steroid dienone is 2. The Morgan fingerprint density at radius 2 is 1.87 bits per heavy atom. The summed E-state index contributed by atoms with van der Waals surface area (Å²) in [6.45, 7) is 0.561. The van der Waals surface area contributed by atoms with E-state index in [0.29, 0.717) is 13.0 Å². The molecule has 0 bridgehead atoms. The lowest BCUT2D eigenvalue weighted by Gasteiger charge is -2.01. The van der Waals surface area contributed by atoms with Crippen molar-refractivity contribution in [2.45, 2.75) is 25.7 Å². The first-order valence-corrected chi connectivity index (χ1v) is 7.60. The Bertz CT molecular complexity index is 547. The van der Waals surface area contributed by atoms with Gasteiger partial charge in [0.1, 0.15) is 5.75 Å². The SMILES string of the molecule is COc1ccc(/C=C/C=C/C(=O)NCCCCCC(=O)O)cc1. The first-order chi connectivity index (χ1) is 11.1. The summed E-state index contributed by atoms with van der Waals surface area (Å²) in [6, 6.07) is 7.61. The molecule has 0 atom stereocenters. The Balaban J connectivity index is 2.19. The highest BCUT2D eigenvalue weighted by molar-refractivity contribution is 5.87. The Kier molecular flexibility index (Phi) is 8.90. The monoisotopic (exact) mass is 317 g/mol. The highest BCUT2D eigenvalue weighted by Gasteiger charge is 1.97. The molecule has 0 heterocycles. The van der Waals surface area contributed by atoms with Crippen molar-refractivity contribution in [1.29, 1.82) is 0 Å². The maximum Gasteiger partial charge on any atom is 0.303 e. The third kappa shape index (κ3) is 9.14. The van der Waals surface area contributed by atoms with Crippen LogP contribution in [0, 0.1) is 0 Å². The summed E-state index contributed by atoms with van der Waals surface area (Å²) >= 11 is 0. The Morgan fingerprint density at radius 3 is 2.52 bits per heavy atom. The quantitative estimate of drug-likeness (QED) is 0.395. The van der Waals surface area contributed by atoms with Crippen LogP contribution >= 0.6 is 0 Å². The van der Waals surface area contributed by atoms with E-state index in [2.05, 4.69) is 5.32 Å². The molecule has 0 aromatic heterocycles. The molecule has 0 radical (unpaired) electrons. The lowest BCUT2D eigenvalue weighted by Crippen LogP contribution is -2.21. The number of carbonyl (C=O) groups excluding carboxylic acids is 1. The predicted molar refractivity (Wildman–Crippen MR) is 90.3 cm³/mol. The Labute approximate surface area is 136 Å². The minimum atomic E-state index is -0.777. The lowest BCUT2D eigenvalue weighted by molar-refractivity contribution is -0.137. The zero-order valence-corrected chi connectivity index (χ0v) is 13.3. The predicted octanol–water partition coefficient (Wildman–Crippen LogP) is 3.03. The third-order valence-electron chi connectivity index (χ3n) is 3.13. The van der Waals surface area contributed by atoms with Crippen LogP contribution in [0.5, 0.6) is 5.75 Å². The number of aliphatic carboxylic acids is 1. The fourth-order valence-electron chi connectivity index (χ4n) is 1.87. The van der Waals surface area contributed by atoms with Gasteiger partial charge in [-0.25, -0.2) is 0 Å². The molecule has 0 aliphatic carbocycles. The Morgan fingerprint density at radius 1 is 1.13 bits per heavy atom. The number of benzene rings is 1. The number of unbranched alkanes of at least 4 members (excludes halogenated alkanes) is 2. The van der Waals surface area contributed by atoms with Gasteiger partial charge in [-0.05, 0) is 30.5 Å². The molecule has 0 aliphatic rings. The fraction of sp³-hybridized carbons (Fsp3) is 0.333. The molecule has 0 aliphatic heterocycles. The number of nitrogens with one attached hydrogen (secondary N) is 1. The van der Waals surface area contributed by atoms with Gasteiger partial charge >= 0.3 is 5.97 Å². The van der Waals surface area contributed by atoms with Crippen molar-refractivity contribution in [2.24, 2.45) is 0 Å². The number of carboxylic acids is 1. The number of ether oxygens (including phenoxy) is 1. The molecule has 124 valence electrons. The van der Waals surface area contributed by atoms with Gasteiger partial charge in [-0.3, -0.25) is 9.59 Å². The van der Waals surface area contributed by atoms with E-state index < -0.39 is 5.97 Å². The van der Waals surface area contributed by atoms with Gasteiger partial charge < -0.3 is 15.2 Å². The zero-order valence-electron chi connectivity index (χ0n) is 13.3. The summed E-state index contributed by atoms with van der Waals surface area (Å²) < 4.78 is 5.08. The second-order valence-electron chi connectivity index (χ2n) is 4.99. The van der Waals surface area contributed by atoms with E-state index in [1.807, 2.05) is 30.3 Å². The molecular weight excluding hydrogens is 294 g/mol. The van der Waals surface area contributed by atoms with Crippen LogP contribution in [0.3, 0.4) is 0 Å². The summed E-state index contributed by atoms with van der Waals surface area (Å²) in [5, 5.41) is 11.3. The number of hydrogen-bond donors (Lipinski definition) is 2. The molecule has 2 N–H and O–H groups in total. The number of carbonyl (C=O) groups is 2. The normalized spacial score (nSPS) is 11.0. The highest BCUT2D eigenvalue weighted by atomic mass is 16.5. The van der Waals surface area contributed by atoms with Crippen molar-refractivity contribution in [3.8, 4) is 5.75 Å². The van der Waals surface area contributed by atoms with Gasteiger partial charge in [-0.1, -0.05) is 36.8 Å². The second kappa shape index (κ2) is 11.1. The summed E-state index contributed by atoms with van der Waals surface area (Å²) in [5.41, 5.74) is 1.02. The average molecular weight is 317 g/mol. The van der Waals surface area contributed by atoms with Crippen LogP contribution in [0.25, 0.3) is 6.08 Å². The van der Waals surface area contributed by atoms with Gasteiger partial charge in [0, 0.05) is 19.0 Å². The molecule has 5 nitrogen and oxygen atoms in total. The number of amides is 1. The van der Waals surface area contributed by atoms with Crippen LogP contribution in [0.2, 0.25) is 0 Å². The minimum absolute atomic E-state index is 0.150. The van der Waals surface area contributed by atoms with E-state index in [0.717, 1.165) is 24.2 Å². The minimum Gasteiger partial charge on any atom is -0.497 e. The highest BCUT2D eigenvalue weighted by Crippen LogP contribution is 2.12. The van der Waals surface area contributed by atoms with Gasteiger partial charge in [-0.15, -0.1) is 0 Å².